The number of ether oxygens (including phenoxy) is 2. The normalized spacial score (nSPS) is 22.7. The van der Waals surface area contributed by atoms with Crippen LogP contribution in [0.15, 0.2) is 60.8 Å². The summed E-state index contributed by atoms with van der Waals surface area (Å²) in [6.45, 7) is 7.09. The molecule has 1 aromatic carbocycles. The summed E-state index contributed by atoms with van der Waals surface area (Å²) >= 11 is 0. The molecular weight excluding hydrogens is 532 g/mol. The van der Waals surface area contributed by atoms with Gasteiger partial charge in [0.1, 0.15) is 18.0 Å². The molecule has 3 fully saturated rings. The van der Waals surface area contributed by atoms with Gasteiger partial charge in [-0.15, -0.1) is 0 Å². The van der Waals surface area contributed by atoms with Crippen LogP contribution in [-0.2, 0) is 16.1 Å². The molecule has 0 radical (unpaired) electrons. The number of amides is 2. The van der Waals surface area contributed by atoms with Crippen LogP contribution in [0.3, 0.4) is 0 Å². The zero-order valence-corrected chi connectivity index (χ0v) is 24.8. The van der Waals surface area contributed by atoms with E-state index in [-0.39, 0.29) is 36.5 Å². The predicted molar refractivity (Wildman–Crippen MR) is 160 cm³/mol. The van der Waals surface area contributed by atoms with Crippen molar-refractivity contribution >= 4 is 23.8 Å². The van der Waals surface area contributed by atoms with Crippen LogP contribution in [-0.4, -0.2) is 64.7 Å². The van der Waals surface area contributed by atoms with E-state index in [1.165, 1.54) is 0 Å². The topological polar surface area (TPSA) is 101 Å². The van der Waals surface area contributed by atoms with Crippen molar-refractivity contribution in [1.29, 1.82) is 0 Å². The highest BCUT2D eigenvalue weighted by atomic mass is 16.6. The van der Waals surface area contributed by atoms with Crippen LogP contribution in [0.4, 0.5) is 15.4 Å². The molecule has 224 valence electrons. The Morgan fingerprint density at radius 2 is 1.67 bits per heavy atom. The average Bonchev–Trinajstić information content (AvgIpc) is 3.24. The Kier molecular flexibility index (Phi) is 9.14. The maximum absolute atomic E-state index is 12.9. The number of nitrogens with zero attached hydrogens (tertiary/aromatic N) is 3. The van der Waals surface area contributed by atoms with Crippen molar-refractivity contribution in [2.75, 3.05) is 18.0 Å². The van der Waals surface area contributed by atoms with E-state index in [1.54, 1.807) is 17.2 Å². The van der Waals surface area contributed by atoms with E-state index in [9.17, 15) is 14.4 Å². The van der Waals surface area contributed by atoms with Crippen molar-refractivity contribution in [2.24, 2.45) is 5.92 Å². The summed E-state index contributed by atoms with van der Waals surface area (Å²) < 4.78 is 10.9. The van der Waals surface area contributed by atoms with Gasteiger partial charge < -0.3 is 24.6 Å². The lowest BCUT2D eigenvalue weighted by Crippen LogP contribution is -2.51. The Morgan fingerprint density at radius 3 is 2.29 bits per heavy atom. The van der Waals surface area contributed by atoms with Gasteiger partial charge in [0.15, 0.2) is 5.78 Å². The molecule has 0 saturated carbocycles. The Labute approximate surface area is 248 Å². The van der Waals surface area contributed by atoms with Crippen LogP contribution < -0.4 is 10.2 Å². The summed E-state index contributed by atoms with van der Waals surface area (Å²) in [5, 5.41) is 3.05. The molecule has 2 amide bonds. The van der Waals surface area contributed by atoms with E-state index in [4.69, 9.17) is 9.47 Å². The third-order valence-corrected chi connectivity index (χ3v) is 8.27. The molecule has 3 aliphatic rings. The molecule has 1 N–H and O–H groups in total. The molecule has 42 heavy (non-hydrogen) atoms. The predicted octanol–water partition coefficient (Wildman–Crippen LogP) is 5.89. The highest BCUT2D eigenvalue weighted by Gasteiger charge is 2.42. The number of ketones is 1. The zero-order chi connectivity index (χ0) is 29.7. The van der Waals surface area contributed by atoms with Gasteiger partial charge in [-0.25, -0.2) is 14.6 Å². The lowest BCUT2D eigenvalue weighted by atomic mass is 9.96. The average molecular weight is 575 g/mol. The fraction of sp³-hybridized carbons (Fsp3) is 0.515. The number of nitrogens with one attached hydrogen (secondary N) is 1. The number of hydrogen-bond acceptors (Lipinski definition) is 7. The molecule has 9 nitrogen and oxygen atoms in total. The molecule has 3 atom stereocenters. The van der Waals surface area contributed by atoms with Crippen LogP contribution in [0, 0.1) is 5.92 Å². The Bertz CT molecular complexity index is 1250. The first kappa shape index (κ1) is 29.6. The number of allylic oxidation sites excluding steroid dienone is 2. The number of alkyl carbamates (subject to hydrolysis) is 1. The molecule has 1 unspecified atom stereocenters. The van der Waals surface area contributed by atoms with Crippen LogP contribution in [0.5, 0.6) is 0 Å². The SMILES string of the molecule is CC(C)(C)OC(=O)NC1C[C@H]2CC[C@@H](C1)N2c1ccc(C(=O)/C=C\C2CCN(C(=O)OCc3ccccc3)CC2)cn1. The molecule has 0 aliphatic carbocycles. The van der Waals surface area contributed by atoms with Crippen molar-refractivity contribution in [1.82, 2.24) is 15.2 Å². The third-order valence-electron chi connectivity index (χ3n) is 8.27. The number of rotatable bonds is 7. The van der Waals surface area contributed by atoms with Gasteiger partial charge in [-0.2, -0.15) is 0 Å². The van der Waals surface area contributed by atoms with E-state index in [0.717, 1.165) is 49.9 Å². The largest absolute Gasteiger partial charge is 0.445 e. The number of hydrogen-bond donors (Lipinski definition) is 1. The van der Waals surface area contributed by atoms with E-state index >= 15 is 0 Å². The minimum atomic E-state index is -0.516. The number of anilines is 1. The van der Waals surface area contributed by atoms with Crippen molar-refractivity contribution in [3.8, 4) is 0 Å². The highest BCUT2D eigenvalue weighted by molar-refractivity contribution is 6.04. The zero-order valence-electron chi connectivity index (χ0n) is 24.8. The van der Waals surface area contributed by atoms with Gasteiger partial charge in [0, 0.05) is 43.0 Å². The van der Waals surface area contributed by atoms with E-state index < -0.39 is 5.60 Å². The standard InChI is InChI=1S/C33H42N4O5/c1-33(2,3)42-31(39)35-26-19-27-11-12-28(20-26)37(27)30-14-10-25(21-34-30)29(38)13-9-23-15-17-36(18-16-23)32(40)41-22-24-7-5-4-6-8-24/h4-10,13-14,21,23,26-28H,11-12,15-20,22H2,1-3H3,(H,35,39)/b13-9-/t26?,27-,28+. The van der Waals surface area contributed by atoms with Crippen molar-refractivity contribution in [2.45, 2.75) is 89.6 Å². The fourth-order valence-corrected chi connectivity index (χ4v) is 6.23. The minimum absolute atomic E-state index is 0.0676. The first-order chi connectivity index (χ1) is 20.1. The molecule has 0 spiro atoms. The highest BCUT2D eigenvalue weighted by Crippen LogP contribution is 2.38. The molecule has 9 heteroatoms. The molecule has 2 bridgehead atoms. The summed E-state index contributed by atoms with van der Waals surface area (Å²) in [5.41, 5.74) is 1.01. The number of fused-ring (bicyclic) bond motifs is 2. The number of aromatic nitrogens is 1. The van der Waals surface area contributed by atoms with Crippen LogP contribution in [0.1, 0.15) is 75.2 Å². The maximum atomic E-state index is 12.9. The van der Waals surface area contributed by atoms with Crippen molar-refractivity contribution < 1.29 is 23.9 Å². The van der Waals surface area contributed by atoms with Gasteiger partial charge >= 0.3 is 12.2 Å². The molecule has 4 heterocycles. The molecule has 2 aromatic rings. The third kappa shape index (κ3) is 7.69. The first-order valence-electron chi connectivity index (χ1n) is 15.1. The van der Waals surface area contributed by atoms with Gasteiger partial charge in [0.25, 0.3) is 0 Å². The minimum Gasteiger partial charge on any atom is -0.445 e. The number of carbonyl (C=O) groups is 3. The van der Waals surface area contributed by atoms with Crippen molar-refractivity contribution in [3.05, 3.63) is 71.9 Å². The Morgan fingerprint density at radius 1 is 0.976 bits per heavy atom. The molecule has 1 aromatic heterocycles. The number of likely N-dealkylation sites (tertiary alicyclic amines) is 1. The number of carbonyl (C=O) groups excluding carboxylic acids is 3. The van der Waals surface area contributed by atoms with E-state index in [0.29, 0.717) is 30.7 Å². The second-order valence-electron chi connectivity index (χ2n) is 12.6. The van der Waals surface area contributed by atoms with Gasteiger partial charge in [0.05, 0.1) is 0 Å². The summed E-state index contributed by atoms with van der Waals surface area (Å²) in [7, 11) is 0. The summed E-state index contributed by atoms with van der Waals surface area (Å²) in [6, 6.07) is 14.1. The lowest BCUT2D eigenvalue weighted by molar-refractivity contribution is 0.0492. The lowest BCUT2D eigenvalue weighted by Gasteiger charge is -2.40. The summed E-state index contributed by atoms with van der Waals surface area (Å²) in [4.78, 5) is 46.3. The molecular formula is C33H42N4O5. The second kappa shape index (κ2) is 13.0. The van der Waals surface area contributed by atoms with Gasteiger partial charge in [-0.3, -0.25) is 4.79 Å². The van der Waals surface area contributed by atoms with E-state index in [2.05, 4.69) is 15.2 Å². The fourth-order valence-electron chi connectivity index (χ4n) is 6.23. The molecule has 5 rings (SSSR count). The Hall–Kier alpha value is -3.88. The second-order valence-corrected chi connectivity index (χ2v) is 12.6. The molecule has 3 saturated heterocycles. The smallest absolute Gasteiger partial charge is 0.410 e. The number of benzene rings is 1. The maximum Gasteiger partial charge on any atom is 0.410 e. The molecule has 3 aliphatic heterocycles. The summed E-state index contributed by atoms with van der Waals surface area (Å²) in [5.74, 6) is 1.05. The quantitative estimate of drug-likeness (QED) is 0.325. The number of piperidine rings is 2. The van der Waals surface area contributed by atoms with Crippen LogP contribution in [0.25, 0.3) is 0 Å². The monoisotopic (exact) mass is 574 g/mol. The van der Waals surface area contributed by atoms with Gasteiger partial charge in [-0.05, 0) is 89.0 Å². The first-order valence-corrected chi connectivity index (χ1v) is 15.1. The van der Waals surface area contributed by atoms with Gasteiger partial charge in [0.2, 0.25) is 0 Å². The summed E-state index contributed by atoms with van der Waals surface area (Å²) in [6.07, 6.45) is 10.0. The van der Waals surface area contributed by atoms with Crippen LogP contribution in [0.2, 0.25) is 0 Å². The van der Waals surface area contributed by atoms with Crippen molar-refractivity contribution in [3.63, 3.8) is 0 Å². The Balaban J connectivity index is 1.07. The van der Waals surface area contributed by atoms with Gasteiger partial charge in [-0.1, -0.05) is 36.4 Å². The van der Waals surface area contributed by atoms with E-state index in [1.807, 2.05) is 69.3 Å². The number of pyridine rings is 1. The van der Waals surface area contributed by atoms with Crippen LogP contribution >= 0.6 is 0 Å².